The van der Waals surface area contributed by atoms with Gasteiger partial charge in [-0.15, -0.1) is 0 Å². The van der Waals surface area contributed by atoms with E-state index in [-0.39, 0.29) is 17.2 Å². The number of ether oxygens (including phenoxy) is 1. The Morgan fingerprint density at radius 2 is 1.80 bits per heavy atom. The van der Waals surface area contributed by atoms with Crippen LogP contribution in [0, 0.1) is 6.92 Å². The minimum Gasteiger partial charge on any atom is -0.507 e. The summed E-state index contributed by atoms with van der Waals surface area (Å²) in [5.41, 5.74) is 0.923. The second-order valence-electron chi connectivity index (χ2n) is 6.74. The summed E-state index contributed by atoms with van der Waals surface area (Å²) in [4.78, 5) is 27.1. The molecule has 1 aliphatic rings. The van der Waals surface area contributed by atoms with E-state index in [1.54, 1.807) is 61.5 Å². The number of aliphatic hydroxyl groups is 1. The molecule has 1 fully saturated rings. The van der Waals surface area contributed by atoms with Crippen LogP contribution in [0.5, 0.6) is 5.75 Å². The van der Waals surface area contributed by atoms with Crippen molar-refractivity contribution in [1.82, 2.24) is 5.16 Å². The van der Waals surface area contributed by atoms with Crippen LogP contribution in [-0.2, 0) is 9.59 Å². The number of benzene rings is 2. The second-order valence-corrected chi connectivity index (χ2v) is 7.18. The Labute approximate surface area is 177 Å². The highest BCUT2D eigenvalue weighted by Crippen LogP contribution is 2.42. The number of aromatic nitrogens is 1. The monoisotopic (exact) mass is 424 g/mol. The predicted molar refractivity (Wildman–Crippen MR) is 110 cm³/mol. The van der Waals surface area contributed by atoms with Crippen molar-refractivity contribution in [2.24, 2.45) is 0 Å². The van der Waals surface area contributed by atoms with Crippen molar-refractivity contribution in [3.05, 3.63) is 82.1 Å². The molecule has 2 aromatic carbocycles. The molecule has 1 saturated heterocycles. The number of aryl methyl sites for hydroxylation is 1. The molecule has 1 amide bonds. The quantitative estimate of drug-likeness (QED) is 0.382. The van der Waals surface area contributed by atoms with E-state index in [1.807, 2.05) is 0 Å². The zero-order valence-corrected chi connectivity index (χ0v) is 16.9. The molecule has 0 unspecified atom stereocenters. The molecule has 0 bridgehead atoms. The minimum atomic E-state index is -0.895. The number of carbonyl (C=O) groups excluding carboxylic acids is 2. The standard InChI is InChI=1S/C22H17ClN2O5/c1-12-11-17(24-30-12)25-19(13-3-7-15(23)8-4-13)18(21(27)22(25)28)20(26)14-5-9-16(29-2)10-6-14/h3-11,19,26H,1-2H3/t19-/m0/s1. The highest BCUT2D eigenvalue weighted by molar-refractivity contribution is 6.51. The summed E-state index contributed by atoms with van der Waals surface area (Å²) in [7, 11) is 1.53. The van der Waals surface area contributed by atoms with Gasteiger partial charge in [-0.25, -0.2) is 0 Å². The van der Waals surface area contributed by atoms with Gasteiger partial charge in [-0.05, 0) is 48.9 Å². The third-order valence-electron chi connectivity index (χ3n) is 4.86. The van der Waals surface area contributed by atoms with Gasteiger partial charge in [0.05, 0.1) is 18.7 Å². The van der Waals surface area contributed by atoms with Gasteiger partial charge in [0.25, 0.3) is 5.78 Å². The Morgan fingerprint density at radius 1 is 1.13 bits per heavy atom. The number of rotatable bonds is 4. The molecule has 8 heteroatoms. The van der Waals surface area contributed by atoms with Crippen molar-refractivity contribution in [3.63, 3.8) is 0 Å². The first kappa shape index (κ1) is 19.7. The highest BCUT2D eigenvalue weighted by Gasteiger charge is 2.48. The lowest BCUT2D eigenvalue weighted by Crippen LogP contribution is -2.29. The maximum atomic E-state index is 13.0. The van der Waals surface area contributed by atoms with E-state index < -0.39 is 17.7 Å². The van der Waals surface area contributed by atoms with E-state index in [4.69, 9.17) is 20.9 Å². The lowest BCUT2D eigenvalue weighted by molar-refractivity contribution is -0.132. The zero-order valence-electron chi connectivity index (χ0n) is 16.1. The summed E-state index contributed by atoms with van der Waals surface area (Å²) in [6.07, 6.45) is 0. The van der Waals surface area contributed by atoms with Crippen LogP contribution in [0.1, 0.15) is 22.9 Å². The smallest absolute Gasteiger partial charge is 0.301 e. The molecular weight excluding hydrogens is 408 g/mol. The molecule has 2 heterocycles. The van der Waals surface area contributed by atoms with Gasteiger partial charge in [0, 0.05) is 16.7 Å². The molecule has 4 rings (SSSR count). The molecule has 1 N–H and O–H groups in total. The van der Waals surface area contributed by atoms with Crippen LogP contribution in [-0.4, -0.2) is 29.1 Å². The number of methoxy groups -OCH3 is 1. The largest absolute Gasteiger partial charge is 0.507 e. The zero-order chi connectivity index (χ0) is 21.4. The van der Waals surface area contributed by atoms with Crippen LogP contribution in [0.2, 0.25) is 5.02 Å². The van der Waals surface area contributed by atoms with Gasteiger partial charge in [-0.3, -0.25) is 14.5 Å². The van der Waals surface area contributed by atoms with E-state index >= 15 is 0 Å². The van der Waals surface area contributed by atoms with E-state index in [0.717, 1.165) is 0 Å². The van der Waals surface area contributed by atoms with Crippen LogP contribution >= 0.6 is 11.6 Å². The van der Waals surface area contributed by atoms with Crippen molar-refractivity contribution in [2.75, 3.05) is 12.0 Å². The second kappa shape index (κ2) is 7.68. The summed E-state index contributed by atoms with van der Waals surface area (Å²) in [5.74, 6) is -0.652. The number of amides is 1. The molecule has 1 atom stereocenters. The Hall–Kier alpha value is -3.58. The molecule has 3 aromatic rings. The van der Waals surface area contributed by atoms with E-state index in [2.05, 4.69) is 5.16 Å². The molecule has 0 spiro atoms. The molecule has 0 radical (unpaired) electrons. The Bertz CT molecular complexity index is 1150. The summed E-state index contributed by atoms with van der Waals surface area (Å²) in [6, 6.07) is 13.9. The van der Waals surface area contributed by atoms with Gasteiger partial charge >= 0.3 is 5.91 Å². The molecule has 1 aromatic heterocycles. The van der Waals surface area contributed by atoms with Crippen LogP contribution in [0.15, 0.2) is 64.7 Å². The van der Waals surface area contributed by atoms with Gasteiger partial charge < -0.3 is 14.4 Å². The lowest BCUT2D eigenvalue weighted by Gasteiger charge is -2.22. The van der Waals surface area contributed by atoms with Crippen LogP contribution in [0.25, 0.3) is 5.76 Å². The summed E-state index contributed by atoms with van der Waals surface area (Å²) in [5, 5.41) is 15.4. The van der Waals surface area contributed by atoms with Crippen molar-refractivity contribution < 1.29 is 24.0 Å². The highest BCUT2D eigenvalue weighted by atomic mass is 35.5. The fourth-order valence-electron chi connectivity index (χ4n) is 3.40. The first-order valence-corrected chi connectivity index (χ1v) is 9.42. The van der Waals surface area contributed by atoms with Gasteiger partial charge in [-0.2, -0.15) is 0 Å². The molecule has 7 nitrogen and oxygen atoms in total. The number of nitrogens with zero attached hydrogens (tertiary/aromatic N) is 2. The van der Waals surface area contributed by atoms with E-state index in [0.29, 0.717) is 27.7 Å². The number of carbonyl (C=O) groups is 2. The first-order valence-electron chi connectivity index (χ1n) is 9.05. The summed E-state index contributed by atoms with van der Waals surface area (Å²) in [6.45, 7) is 1.68. The maximum absolute atomic E-state index is 13.0. The van der Waals surface area contributed by atoms with Crippen molar-refractivity contribution in [1.29, 1.82) is 0 Å². The average molecular weight is 425 g/mol. The SMILES string of the molecule is COc1ccc(C(O)=C2C(=O)C(=O)N(c3cc(C)on3)[C@H]2c2ccc(Cl)cc2)cc1. The third kappa shape index (κ3) is 3.33. The van der Waals surface area contributed by atoms with Gasteiger partial charge in [0.1, 0.15) is 17.3 Å². The molecule has 152 valence electrons. The van der Waals surface area contributed by atoms with Crippen LogP contribution < -0.4 is 9.64 Å². The average Bonchev–Trinajstić information content (AvgIpc) is 3.29. The van der Waals surface area contributed by atoms with Crippen molar-refractivity contribution in [2.45, 2.75) is 13.0 Å². The van der Waals surface area contributed by atoms with Gasteiger partial charge in [-0.1, -0.05) is 28.9 Å². The summed E-state index contributed by atoms with van der Waals surface area (Å²) < 4.78 is 10.2. The molecule has 0 aliphatic carbocycles. The first-order chi connectivity index (χ1) is 14.4. The molecular formula is C22H17ClN2O5. The number of anilines is 1. The topological polar surface area (TPSA) is 92.9 Å². The summed E-state index contributed by atoms with van der Waals surface area (Å²) >= 11 is 6.01. The lowest BCUT2D eigenvalue weighted by atomic mass is 9.95. The molecule has 30 heavy (non-hydrogen) atoms. The normalized spacial score (nSPS) is 18.1. The number of hydrogen-bond donors (Lipinski definition) is 1. The number of Topliss-reactive ketones (excluding diaryl/α,β-unsaturated/α-hetero) is 1. The fourth-order valence-corrected chi connectivity index (χ4v) is 3.53. The minimum absolute atomic E-state index is 0.0480. The maximum Gasteiger partial charge on any atom is 0.301 e. The van der Waals surface area contributed by atoms with Gasteiger partial charge in [0.2, 0.25) is 0 Å². The van der Waals surface area contributed by atoms with E-state index in [1.165, 1.54) is 12.0 Å². The van der Waals surface area contributed by atoms with Crippen LogP contribution in [0.4, 0.5) is 5.82 Å². The Kier molecular flexibility index (Phi) is 5.05. The number of hydrogen-bond acceptors (Lipinski definition) is 6. The fraction of sp³-hybridized carbons (Fsp3) is 0.136. The van der Waals surface area contributed by atoms with Crippen molar-refractivity contribution in [3.8, 4) is 5.75 Å². The molecule has 1 aliphatic heterocycles. The predicted octanol–water partition coefficient (Wildman–Crippen LogP) is 4.27. The van der Waals surface area contributed by atoms with Gasteiger partial charge in [0.15, 0.2) is 5.82 Å². The molecule has 0 saturated carbocycles. The van der Waals surface area contributed by atoms with Crippen LogP contribution in [0.3, 0.4) is 0 Å². The van der Waals surface area contributed by atoms with Crippen molar-refractivity contribution >= 4 is 34.9 Å². The Balaban J connectivity index is 1.91. The third-order valence-corrected chi connectivity index (χ3v) is 5.11. The van der Waals surface area contributed by atoms with E-state index in [9.17, 15) is 14.7 Å². The number of ketones is 1. The Morgan fingerprint density at radius 3 is 2.37 bits per heavy atom. The number of aliphatic hydroxyl groups excluding tert-OH is 1. The number of halogens is 1.